The van der Waals surface area contributed by atoms with Crippen LogP contribution >= 0.6 is 0 Å². The highest BCUT2D eigenvalue weighted by Crippen LogP contribution is 1.98. The topological polar surface area (TPSA) is 0 Å². The summed E-state index contributed by atoms with van der Waals surface area (Å²) in [4.78, 5) is 0. The van der Waals surface area contributed by atoms with Crippen LogP contribution in [0, 0.1) is 0 Å². The number of hydrogen-bond acceptors (Lipinski definition) is 0. The molecule has 0 aliphatic rings. The van der Waals surface area contributed by atoms with Crippen LogP contribution in [0.2, 0.25) is 0 Å². The number of alkyl halides is 2. The standard InChI is InChI=1S/C8H11F.2CH3F/c1-4-7(2)5-6-8(3)9;2*1-2/h4-6H,3H2,1-2H3;2*1H3/b6-5-,7-4-;;. The normalized spacial score (nSPS) is 9.62. The lowest BCUT2D eigenvalue weighted by atomic mass is 10.2. The quantitative estimate of drug-likeness (QED) is 0.579. The van der Waals surface area contributed by atoms with Crippen LogP contribution in [0.3, 0.4) is 0 Å². The van der Waals surface area contributed by atoms with Gasteiger partial charge in [0.2, 0.25) is 0 Å². The van der Waals surface area contributed by atoms with Crippen LogP contribution in [0.1, 0.15) is 13.8 Å². The van der Waals surface area contributed by atoms with E-state index >= 15 is 0 Å². The van der Waals surface area contributed by atoms with E-state index in [0.29, 0.717) is 14.4 Å². The molecule has 0 saturated heterocycles. The molecule has 3 heteroatoms. The molecule has 0 spiro atoms. The summed E-state index contributed by atoms with van der Waals surface area (Å²) in [5.74, 6) is -0.406. The van der Waals surface area contributed by atoms with Crippen LogP contribution in [-0.4, -0.2) is 14.4 Å². The lowest BCUT2D eigenvalue weighted by Crippen LogP contribution is -1.64. The Hall–Kier alpha value is -0.990. The highest BCUT2D eigenvalue weighted by atomic mass is 19.1. The second-order valence-corrected chi connectivity index (χ2v) is 1.81. The smallest absolute Gasteiger partial charge is 0.116 e. The van der Waals surface area contributed by atoms with E-state index in [2.05, 4.69) is 6.58 Å². The van der Waals surface area contributed by atoms with E-state index in [-0.39, 0.29) is 0 Å². The van der Waals surface area contributed by atoms with Crippen LogP contribution in [0.5, 0.6) is 0 Å². The minimum absolute atomic E-state index is 0.406. The Labute approximate surface area is 78.5 Å². The van der Waals surface area contributed by atoms with E-state index < -0.39 is 5.83 Å². The summed E-state index contributed by atoms with van der Waals surface area (Å²) in [5.41, 5.74) is 1.04. The van der Waals surface area contributed by atoms with Crippen LogP contribution in [0.25, 0.3) is 0 Å². The monoisotopic (exact) mass is 194 g/mol. The van der Waals surface area contributed by atoms with E-state index in [1.54, 1.807) is 6.08 Å². The van der Waals surface area contributed by atoms with Gasteiger partial charge in [-0.3, -0.25) is 8.78 Å². The fourth-order valence-electron chi connectivity index (χ4n) is 0.318. The van der Waals surface area contributed by atoms with Gasteiger partial charge in [-0.25, -0.2) is 4.39 Å². The van der Waals surface area contributed by atoms with Crippen LogP contribution in [0.4, 0.5) is 13.2 Å². The van der Waals surface area contributed by atoms with Gasteiger partial charge in [0.1, 0.15) is 5.83 Å². The molecule has 0 bridgehead atoms. The Morgan fingerprint density at radius 1 is 1.08 bits per heavy atom. The summed E-state index contributed by atoms with van der Waals surface area (Å²) in [5, 5.41) is 0. The first-order valence-corrected chi connectivity index (χ1v) is 3.58. The van der Waals surface area contributed by atoms with Gasteiger partial charge in [-0.15, -0.1) is 0 Å². The second kappa shape index (κ2) is 17.2. The van der Waals surface area contributed by atoms with Crippen molar-refractivity contribution in [3.8, 4) is 0 Å². The molecule has 0 N–H and O–H groups in total. The molecule has 0 saturated carbocycles. The lowest BCUT2D eigenvalue weighted by Gasteiger charge is -1.84. The van der Waals surface area contributed by atoms with E-state index in [4.69, 9.17) is 0 Å². The van der Waals surface area contributed by atoms with Gasteiger partial charge in [-0.1, -0.05) is 24.3 Å². The van der Waals surface area contributed by atoms with Crippen molar-refractivity contribution >= 4 is 0 Å². The molecule has 0 aliphatic heterocycles. The Balaban J connectivity index is -0.000000218. The van der Waals surface area contributed by atoms with Crippen LogP contribution < -0.4 is 0 Å². The van der Waals surface area contributed by atoms with Gasteiger partial charge >= 0.3 is 0 Å². The summed E-state index contributed by atoms with van der Waals surface area (Å²) >= 11 is 0. The minimum Gasteiger partial charge on any atom is -0.255 e. The van der Waals surface area contributed by atoms with Gasteiger partial charge < -0.3 is 0 Å². The Morgan fingerprint density at radius 2 is 1.46 bits per heavy atom. The molecule has 13 heavy (non-hydrogen) atoms. The van der Waals surface area contributed by atoms with Crippen molar-refractivity contribution in [2.45, 2.75) is 13.8 Å². The van der Waals surface area contributed by atoms with Crippen molar-refractivity contribution < 1.29 is 13.2 Å². The molecule has 0 aromatic carbocycles. The van der Waals surface area contributed by atoms with Crippen molar-refractivity contribution in [3.63, 3.8) is 0 Å². The first-order valence-electron chi connectivity index (χ1n) is 3.58. The van der Waals surface area contributed by atoms with Gasteiger partial charge in [0.15, 0.2) is 0 Å². The van der Waals surface area contributed by atoms with Crippen LogP contribution in [0.15, 0.2) is 36.2 Å². The summed E-state index contributed by atoms with van der Waals surface area (Å²) in [6.45, 7) is 6.89. The van der Waals surface area contributed by atoms with E-state index in [0.717, 1.165) is 5.57 Å². The third kappa shape index (κ3) is 24.7. The maximum absolute atomic E-state index is 11.9. The van der Waals surface area contributed by atoms with Gasteiger partial charge in [0, 0.05) is 0 Å². The lowest BCUT2D eigenvalue weighted by molar-refractivity contribution is 0.635. The molecule has 0 aliphatic carbocycles. The molecule has 0 atom stereocenters. The fourth-order valence-corrected chi connectivity index (χ4v) is 0.318. The maximum atomic E-state index is 11.9. The average molecular weight is 194 g/mol. The highest BCUT2D eigenvalue weighted by molar-refractivity contribution is 5.20. The first kappa shape index (κ1) is 17.9. The second-order valence-electron chi connectivity index (χ2n) is 1.81. The summed E-state index contributed by atoms with van der Waals surface area (Å²) < 4.78 is 30.9. The van der Waals surface area contributed by atoms with Crippen molar-refractivity contribution in [2.24, 2.45) is 0 Å². The molecule has 0 amide bonds. The summed E-state index contributed by atoms with van der Waals surface area (Å²) in [6.07, 6.45) is 4.93. The predicted molar refractivity (Wildman–Crippen MR) is 52.9 cm³/mol. The third-order valence-electron chi connectivity index (χ3n) is 0.982. The Morgan fingerprint density at radius 3 is 1.69 bits per heavy atom. The average Bonchev–Trinajstić information content (AvgIpc) is 2.20. The molecule has 0 heterocycles. The zero-order valence-corrected chi connectivity index (χ0v) is 8.57. The summed E-state index contributed by atoms with van der Waals surface area (Å²) in [7, 11) is 1.00. The molecular weight excluding hydrogens is 177 g/mol. The molecule has 0 rings (SSSR count). The molecular formula is C10H17F3. The zero-order chi connectivity index (χ0) is 11.3. The third-order valence-corrected chi connectivity index (χ3v) is 0.982. The summed E-state index contributed by atoms with van der Waals surface area (Å²) in [6, 6.07) is 0. The SMILES string of the molecule is C=C(F)/C=C\C(C)=C/C.CF.CF. The number of allylic oxidation sites excluding steroid dienone is 5. The van der Waals surface area contributed by atoms with Crippen molar-refractivity contribution in [2.75, 3.05) is 14.4 Å². The molecule has 0 fully saturated rings. The zero-order valence-electron chi connectivity index (χ0n) is 8.57. The van der Waals surface area contributed by atoms with E-state index in [1.807, 2.05) is 19.9 Å². The largest absolute Gasteiger partial charge is 0.255 e. The molecule has 0 aromatic rings. The Bertz CT molecular complexity index is 158. The predicted octanol–water partition coefficient (Wildman–Crippen LogP) is 4.16. The number of rotatable bonds is 2. The minimum atomic E-state index is -0.406. The van der Waals surface area contributed by atoms with Gasteiger partial charge in [-0.05, 0) is 19.9 Å². The van der Waals surface area contributed by atoms with Crippen molar-refractivity contribution in [1.29, 1.82) is 0 Å². The number of halogens is 3. The molecule has 78 valence electrons. The van der Waals surface area contributed by atoms with E-state index in [9.17, 15) is 13.2 Å². The van der Waals surface area contributed by atoms with Gasteiger partial charge in [0.25, 0.3) is 0 Å². The molecule has 0 unspecified atom stereocenters. The molecule has 0 radical (unpaired) electrons. The van der Waals surface area contributed by atoms with Gasteiger partial charge in [0.05, 0.1) is 14.4 Å². The maximum Gasteiger partial charge on any atom is 0.116 e. The number of hydrogen-bond donors (Lipinski definition) is 0. The van der Waals surface area contributed by atoms with Crippen molar-refractivity contribution in [1.82, 2.24) is 0 Å². The van der Waals surface area contributed by atoms with Gasteiger partial charge in [-0.2, -0.15) is 0 Å². The Kier molecular flexibility index (Phi) is 23.7. The fraction of sp³-hybridized carbons (Fsp3) is 0.400. The molecule has 0 aromatic heterocycles. The van der Waals surface area contributed by atoms with Crippen molar-refractivity contribution in [3.05, 3.63) is 36.2 Å². The first-order chi connectivity index (χ1) is 6.16. The van der Waals surface area contributed by atoms with E-state index in [1.165, 1.54) is 6.08 Å². The van der Waals surface area contributed by atoms with Crippen LogP contribution in [-0.2, 0) is 0 Å². The molecule has 0 nitrogen and oxygen atoms in total. The highest BCUT2D eigenvalue weighted by Gasteiger charge is 1.78.